The molecule has 0 spiro atoms. The molecule has 1 saturated carbocycles. The summed E-state index contributed by atoms with van der Waals surface area (Å²) in [6.45, 7) is 0.975. The zero-order chi connectivity index (χ0) is 9.80. The van der Waals surface area contributed by atoms with E-state index in [0.717, 1.165) is 18.3 Å². The third kappa shape index (κ3) is 2.34. The van der Waals surface area contributed by atoms with Crippen molar-refractivity contribution in [2.75, 3.05) is 17.6 Å². The number of nitrogens with one attached hydrogen (secondary N) is 1. The molecule has 3 N–H and O–H groups in total. The predicted octanol–water partition coefficient (Wildman–Crippen LogP) is 1.66. The average molecular weight is 192 g/mol. The molecule has 4 nitrogen and oxygen atoms in total. The summed E-state index contributed by atoms with van der Waals surface area (Å²) < 4.78 is 0. The first-order valence-corrected chi connectivity index (χ1v) is 5.16. The van der Waals surface area contributed by atoms with Gasteiger partial charge in [-0.1, -0.05) is 19.3 Å². The Morgan fingerprint density at radius 2 is 2.29 bits per heavy atom. The van der Waals surface area contributed by atoms with Crippen LogP contribution in [-0.4, -0.2) is 16.5 Å². The summed E-state index contributed by atoms with van der Waals surface area (Å²) in [7, 11) is 0. The molecule has 0 unspecified atom stereocenters. The lowest BCUT2D eigenvalue weighted by Gasteiger charge is -2.25. The molecule has 76 valence electrons. The Bertz CT molecular complexity index is 296. The van der Waals surface area contributed by atoms with Crippen LogP contribution in [0.25, 0.3) is 0 Å². The van der Waals surface area contributed by atoms with Crippen molar-refractivity contribution in [1.29, 1.82) is 0 Å². The van der Waals surface area contributed by atoms with E-state index >= 15 is 0 Å². The van der Waals surface area contributed by atoms with Crippen LogP contribution >= 0.6 is 0 Å². The summed E-state index contributed by atoms with van der Waals surface area (Å²) in [6, 6.07) is 0. The highest BCUT2D eigenvalue weighted by Crippen LogP contribution is 2.28. The molecule has 0 radical (unpaired) electrons. The normalized spacial score (nSPS) is 16.3. The monoisotopic (exact) mass is 192 g/mol. The fraction of sp³-hybridized carbons (Fsp3) is 0.600. The van der Waals surface area contributed by atoms with E-state index in [2.05, 4.69) is 15.3 Å². The Morgan fingerprint density at radius 3 is 2.93 bits per heavy atom. The Hall–Kier alpha value is -1.32. The fourth-order valence-electron chi connectivity index (χ4n) is 1.65. The number of rotatable bonds is 4. The second-order valence-corrected chi connectivity index (χ2v) is 3.84. The molecule has 0 atom stereocenters. The molecule has 1 aromatic heterocycles. The van der Waals surface area contributed by atoms with Crippen LogP contribution in [0.1, 0.15) is 25.7 Å². The number of hydrogen-bond donors (Lipinski definition) is 2. The van der Waals surface area contributed by atoms with Crippen LogP contribution < -0.4 is 11.1 Å². The van der Waals surface area contributed by atoms with E-state index in [1.165, 1.54) is 25.7 Å². The molecule has 0 aliphatic heterocycles. The number of nitrogen functional groups attached to an aromatic ring is 1. The molecule has 1 aliphatic carbocycles. The van der Waals surface area contributed by atoms with Gasteiger partial charge in [0, 0.05) is 6.54 Å². The van der Waals surface area contributed by atoms with Crippen molar-refractivity contribution in [1.82, 2.24) is 9.97 Å². The first-order chi connectivity index (χ1) is 6.84. The third-order valence-electron chi connectivity index (χ3n) is 2.74. The topological polar surface area (TPSA) is 63.8 Å². The van der Waals surface area contributed by atoms with Gasteiger partial charge >= 0.3 is 0 Å². The highest BCUT2D eigenvalue weighted by molar-refractivity contribution is 5.38. The van der Waals surface area contributed by atoms with Crippen molar-refractivity contribution >= 4 is 11.6 Å². The lowest BCUT2D eigenvalue weighted by atomic mass is 9.83. The first-order valence-electron chi connectivity index (χ1n) is 5.16. The molecule has 14 heavy (non-hydrogen) atoms. The largest absolute Gasteiger partial charge is 0.382 e. The van der Waals surface area contributed by atoms with Gasteiger partial charge in [-0.15, -0.1) is 0 Å². The van der Waals surface area contributed by atoms with E-state index in [1.54, 1.807) is 12.4 Å². The van der Waals surface area contributed by atoms with Gasteiger partial charge < -0.3 is 11.1 Å². The molecular weight excluding hydrogens is 176 g/mol. The van der Waals surface area contributed by atoms with Crippen LogP contribution in [-0.2, 0) is 0 Å². The smallest absolute Gasteiger partial charge is 0.146 e. The first kappa shape index (κ1) is 9.24. The van der Waals surface area contributed by atoms with Crippen molar-refractivity contribution in [2.24, 2.45) is 5.92 Å². The maximum atomic E-state index is 5.51. The molecule has 0 amide bonds. The average Bonchev–Trinajstić information content (AvgIpc) is 2.09. The minimum Gasteiger partial charge on any atom is -0.382 e. The molecule has 2 rings (SSSR count). The molecule has 1 fully saturated rings. The van der Waals surface area contributed by atoms with E-state index < -0.39 is 0 Å². The van der Waals surface area contributed by atoms with Gasteiger partial charge in [0.25, 0.3) is 0 Å². The SMILES string of the molecule is Nc1cncc(NCCC2CCC2)n1. The maximum absolute atomic E-state index is 5.51. The number of aromatic nitrogens is 2. The Morgan fingerprint density at radius 1 is 1.43 bits per heavy atom. The molecule has 1 heterocycles. The van der Waals surface area contributed by atoms with Crippen LogP contribution in [0.3, 0.4) is 0 Å². The van der Waals surface area contributed by atoms with Gasteiger partial charge in [0.1, 0.15) is 11.6 Å². The lowest BCUT2D eigenvalue weighted by Crippen LogP contribution is -2.16. The number of nitrogens with zero attached hydrogens (tertiary/aromatic N) is 2. The van der Waals surface area contributed by atoms with Crippen LogP contribution in [0.15, 0.2) is 12.4 Å². The van der Waals surface area contributed by atoms with Gasteiger partial charge in [-0.05, 0) is 12.3 Å². The summed E-state index contributed by atoms with van der Waals surface area (Å²) >= 11 is 0. The van der Waals surface area contributed by atoms with Crippen molar-refractivity contribution in [2.45, 2.75) is 25.7 Å². The van der Waals surface area contributed by atoms with E-state index in [9.17, 15) is 0 Å². The lowest BCUT2D eigenvalue weighted by molar-refractivity contribution is 0.303. The van der Waals surface area contributed by atoms with E-state index in [0.29, 0.717) is 5.82 Å². The van der Waals surface area contributed by atoms with Crippen molar-refractivity contribution in [3.05, 3.63) is 12.4 Å². The molecule has 0 aromatic carbocycles. The van der Waals surface area contributed by atoms with Gasteiger partial charge in [0.15, 0.2) is 0 Å². The third-order valence-corrected chi connectivity index (χ3v) is 2.74. The molecule has 0 bridgehead atoms. The second-order valence-electron chi connectivity index (χ2n) is 3.84. The summed E-state index contributed by atoms with van der Waals surface area (Å²) in [5, 5.41) is 3.23. The minimum atomic E-state index is 0.471. The quantitative estimate of drug-likeness (QED) is 0.761. The van der Waals surface area contributed by atoms with Crippen LogP contribution in [0.4, 0.5) is 11.6 Å². The maximum Gasteiger partial charge on any atom is 0.146 e. The van der Waals surface area contributed by atoms with Gasteiger partial charge in [-0.2, -0.15) is 0 Å². The fourth-order valence-corrected chi connectivity index (χ4v) is 1.65. The Labute approximate surface area is 83.9 Å². The predicted molar refractivity (Wildman–Crippen MR) is 56.9 cm³/mol. The van der Waals surface area contributed by atoms with Gasteiger partial charge in [-0.25, -0.2) is 4.98 Å². The van der Waals surface area contributed by atoms with Crippen LogP contribution in [0, 0.1) is 5.92 Å². The second kappa shape index (κ2) is 4.26. The zero-order valence-electron chi connectivity index (χ0n) is 8.24. The molecule has 0 saturated heterocycles. The summed E-state index contributed by atoms with van der Waals surface area (Å²) in [5.41, 5.74) is 5.51. The van der Waals surface area contributed by atoms with Crippen LogP contribution in [0.5, 0.6) is 0 Å². The van der Waals surface area contributed by atoms with Crippen LogP contribution in [0.2, 0.25) is 0 Å². The molecule has 1 aromatic rings. The zero-order valence-corrected chi connectivity index (χ0v) is 8.24. The van der Waals surface area contributed by atoms with E-state index in [1.807, 2.05) is 0 Å². The summed E-state index contributed by atoms with van der Waals surface area (Å²) in [5.74, 6) is 2.18. The highest BCUT2D eigenvalue weighted by Gasteiger charge is 2.16. The Balaban J connectivity index is 1.74. The summed E-state index contributed by atoms with van der Waals surface area (Å²) in [6.07, 6.45) is 8.68. The van der Waals surface area contributed by atoms with Gasteiger partial charge in [-0.3, -0.25) is 4.98 Å². The highest BCUT2D eigenvalue weighted by atomic mass is 15.0. The Kier molecular flexibility index (Phi) is 2.81. The van der Waals surface area contributed by atoms with Crippen molar-refractivity contribution in [3.63, 3.8) is 0 Å². The van der Waals surface area contributed by atoms with Crippen molar-refractivity contribution < 1.29 is 0 Å². The minimum absolute atomic E-state index is 0.471. The van der Waals surface area contributed by atoms with E-state index in [-0.39, 0.29) is 0 Å². The number of hydrogen-bond acceptors (Lipinski definition) is 4. The van der Waals surface area contributed by atoms with Gasteiger partial charge in [0.2, 0.25) is 0 Å². The molecule has 4 heteroatoms. The number of nitrogens with two attached hydrogens (primary N) is 1. The van der Waals surface area contributed by atoms with Gasteiger partial charge in [0.05, 0.1) is 12.4 Å². The standard InChI is InChI=1S/C10H16N4/c11-9-6-12-7-10(14-9)13-5-4-8-2-1-3-8/h6-8H,1-5H2,(H3,11,13,14). The van der Waals surface area contributed by atoms with E-state index in [4.69, 9.17) is 5.73 Å². The molecular formula is C10H16N4. The molecule has 1 aliphatic rings. The summed E-state index contributed by atoms with van der Waals surface area (Å²) in [4.78, 5) is 8.08. The van der Waals surface area contributed by atoms with Crippen molar-refractivity contribution in [3.8, 4) is 0 Å². The number of anilines is 2.